The fourth-order valence-electron chi connectivity index (χ4n) is 2.81. The number of hydrogen-bond acceptors (Lipinski definition) is 6. The predicted molar refractivity (Wildman–Crippen MR) is 81.2 cm³/mol. The molecule has 1 atom stereocenters. The van der Waals surface area contributed by atoms with Gasteiger partial charge in [-0.2, -0.15) is 0 Å². The molecule has 2 aromatic rings. The van der Waals surface area contributed by atoms with Crippen molar-refractivity contribution in [2.24, 2.45) is 11.7 Å². The van der Waals surface area contributed by atoms with Gasteiger partial charge in [-0.1, -0.05) is 0 Å². The van der Waals surface area contributed by atoms with Crippen LogP contribution in [-0.2, 0) is 6.42 Å². The van der Waals surface area contributed by atoms with Crippen molar-refractivity contribution in [3.63, 3.8) is 0 Å². The molecule has 22 heavy (non-hydrogen) atoms. The summed E-state index contributed by atoms with van der Waals surface area (Å²) >= 11 is 0. The van der Waals surface area contributed by atoms with E-state index in [-0.39, 0.29) is 5.69 Å². The highest BCUT2D eigenvalue weighted by Gasteiger charge is 2.22. The Morgan fingerprint density at radius 2 is 2.09 bits per heavy atom. The molecule has 1 aliphatic heterocycles. The van der Waals surface area contributed by atoms with Crippen LogP contribution < -0.4 is 10.6 Å². The molecule has 7 heteroatoms. The lowest BCUT2D eigenvalue weighted by molar-refractivity contribution is 0.0995. The van der Waals surface area contributed by atoms with E-state index in [0.717, 1.165) is 44.0 Å². The molecule has 7 nitrogen and oxygen atoms in total. The van der Waals surface area contributed by atoms with Gasteiger partial charge in [0, 0.05) is 31.2 Å². The monoisotopic (exact) mass is 298 g/mol. The number of anilines is 1. The molecule has 0 unspecified atom stereocenters. The molecule has 2 N–H and O–H groups in total. The van der Waals surface area contributed by atoms with Gasteiger partial charge in [-0.15, -0.1) is 0 Å². The highest BCUT2D eigenvalue weighted by Crippen LogP contribution is 2.22. The number of hydrogen-bond donors (Lipinski definition) is 1. The first-order valence-corrected chi connectivity index (χ1v) is 7.35. The largest absolute Gasteiger partial charge is 0.364 e. The van der Waals surface area contributed by atoms with E-state index >= 15 is 0 Å². The Morgan fingerprint density at radius 3 is 2.86 bits per heavy atom. The van der Waals surface area contributed by atoms with Crippen LogP contribution in [0.1, 0.15) is 29.0 Å². The third kappa shape index (κ3) is 3.36. The molecule has 1 saturated heterocycles. The lowest BCUT2D eigenvalue weighted by atomic mass is 9.93. The second kappa shape index (κ2) is 6.46. The zero-order chi connectivity index (χ0) is 15.4. The molecular formula is C15H18N6O. The summed E-state index contributed by atoms with van der Waals surface area (Å²) in [6, 6.07) is 3.50. The van der Waals surface area contributed by atoms with Crippen molar-refractivity contribution < 1.29 is 4.79 Å². The molecule has 114 valence electrons. The van der Waals surface area contributed by atoms with Gasteiger partial charge in [0.1, 0.15) is 12.0 Å². The van der Waals surface area contributed by atoms with Crippen molar-refractivity contribution in [2.45, 2.75) is 19.3 Å². The van der Waals surface area contributed by atoms with E-state index in [0.29, 0.717) is 5.92 Å². The van der Waals surface area contributed by atoms with Gasteiger partial charge >= 0.3 is 0 Å². The van der Waals surface area contributed by atoms with Crippen molar-refractivity contribution in [1.82, 2.24) is 19.9 Å². The van der Waals surface area contributed by atoms with Gasteiger partial charge < -0.3 is 10.6 Å². The molecular weight excluding hydrogens is 280 g/mol. The van der Waals surface area contributed by atoms with Crippen LogP contribution in [0.3, 0.4) is 0 Å². The van der Waals surface area contributed by atoms with Crippen molar-refractivity contribution in [3.05, 3.63) is 42.2 Å². The van der Waals surface area contributed by atoms with E-state index in [1.54, 1.807) is 18.5 Å². The lowest BCUT2D eigenvalue weighted by Crippen LogP contribution is -2.37. The van der Waals surface area contributed by atoms with Crippen LogP contribution in [-0.4, -0.2) is 38.9 Å². The minimum absolute atomic E-state index is 0.268. The number of aromatic nitrogens is 4. The Morgan fingerprint density at radius 1 is 1.27 bits per heavy atom. The van der Waals surface area contributed by atoms with E-state index < -0.39 is 5.91 Å². The van der Waals surface area contributed by atoms with Gasteiger partial charge in [-0.25, -0.2) is 19.9 Å². The minimum Gasteiger partial charge on any atom is -0.364 e. The second-order valence-electron chi connectivity index (χ2n) is 5.47. The standard InChI is InChI=1S/C15H18N6O/c16-14(22)13-8-12(19-10-20-13)7-11-3-1-6-21(9-11)15-17-4-2-5-18-15/h2,4-5,8,10-11H,1,3,6-7,9H2,(H2,16,22)/t11-/m1/s1. The number of amides is 1. The number of piperidine rings is 1. The lowest BCUT2D eigenvalue weighted by Gasteiger charge is -2.32. The van der Waals surface area contributed by atoms with Crippen molar-refractivity contribution in [2.75, 3.05) is 18.0 Å². The molecule has 1 fully saturated rings. The number of carbonyl (C=O) groups excluding carboxylic acids is 1. The number of rotatable bonds is 4. The van der Waals surface area contributed by atoms with E-state index in [4.69, 9.17) is 5.73 Å². The number of nitrogens with zero attached hydrogens (tertiary/aromatic N) is 5. The highest BCUT2D eigenvalue weighted by molar-refractivity contribution is 5.90. The summed E-state index contributed by atoms with van der Waals surface area (Å²) in [7, 11) is 0. The summed E-state index contributed by atoms with van der Waals surface area (Å²) < 4.78 is 0. The highest BCUT2D eigenvalue weighted by atomic mass is 16.1. The van der Waals surface area contributed by atoms with E-state index in [1.165, 1.54) is 6.33 Å². The zero-order valence-corrected chi connectivity index (χ0v) is 12.2. The van der Waals surface area contributed by atoms with Crippen molar-refractivity contribution >= 4 is 11.9 Å². The molecule has 0 saturated carbocycles. The maximum Gasteiger partial charge on any atom is 0.267 e. The summed E-state index contributed by atoms with van der Waals surface area (Å²) in [5, 5.41) is 0. The molecule has 0 bridgehead atoms. The van der Waals surface area contributed by atoms with Gasteiger partial charge in [0.15, 0.2) is 0 Å². The summed E-state index contributed by atoms with van der Waals surface area (Å²) in [5.74, 6) is 0.701. The molecule has 1 aliphatic rings. The quantitative estimate of drug-likeness (QED) is 0.897. The minimum atomic E-state index is -0.522. The topological polar surface area (TPSA) is 97.9 Å². The van der Waals surface area contributed by atoms with Crippen LogP contribution in [0, 0.1) is 5.92 Å². The second-order valence-corrected chi connectivity index (χ2v) is 5.47. The summed E-state index contributed by atoms with van der Waals surface area (Å²) in [6.07, 6.45) is 7.93. The third-order valence-electron chi connectivity index (χ3n) is 3.83. The first-order valence-electron chi connectivity index (χ1n) is 7.35. The average Bonchev–Trinajstić information content (AvgIpc) is 2.56. The van der Waals surface area contributed by atoms with E-state index in [1.807, 2.05) is 6.07 Å². The molecule has 0 aliphatic carbocycles. The number of nitrogens with two attached hydrogens (primary N) is 1. The Bertz CT molecular complexity index is 647. The van der Waals surface area contributed by atoms with Crippen LogP contribution in [0.25, 0.3) is 0 Å². The van der Waals surface area contributed by atoms with Crippen molar-refractivity contribution in [3.8, 4) is 0 Å². The van der Waals surface area contributed by atoms with Crippen LogP contribution in [0.15, 0.2) is 30.9 Å². The van der Waals surface area contributed by atoms with Crippen molar-refractivity contribution in [1.29, 1.82) is 0 Å². The van der Waals surface area contributed by atoms with Crippen LogP contribution in [0.2, 0.25) is 0 Å². The number of primary amides is 1. The summed E-state index contributed by atoms with van der Waals surface area (Å²) in [5.41, 5.74) is 6.38. The first kappa shape index (κ1) is 14.4. The molecule has 0 aromatic carbocycles. The van der Waals surface area contributed by atoms with Gasteiger partial charge in [-0.3, -0.25) is 4.79 Å². The summed E-state index contributed by atoms with van der Waals surface area (Å²) in [6.45, 7) is 1.86. The Hall–Kier alpha value is -2.57. The zero-order valence-electron chi connectivity index (χ0n) is 12.2. The number of carbonyl (C=O) groups is 1. The SMILES string of the molecule is NC(=O)c1cc(C[C@H]2CCCN(c3ncccn3)C2)ncn1. The Labute approximate surface area is 128 Å². The normalized spacial score (nSPS) is 18.2. The van der Waals surface area contributed by atoms with Gasteiger partial charge in [0.25, 0.3) is 5.91 Å². The van der Waals surface area contributed by atoms with E-state index in [2.05, 4.69) is 24.8 Å². The molecule has 1 amide bonds. The Kier molecular flexibility index (Phi) is 4.22. The molecule has 3 rings (SSSR count). The third-order valence-corrected chi connectivity index (χ3v) is 3.83. The van der Waals surface area contributed by atoms with Crippen LogP contribution in [0.5, 0.6) is 0 Å². The van der Waals surface area contributed by atoms with Gasteiger partial charge in [-0.05, 0) is 37.3 Å². The fraction of sp³-hybridized carbons (Fsp3) is 0.400. The average molecular weight is 298 g/mol. The van der Waals surface area contributed by atoms with Gasteiger partial charge in [0.2, 0.25) is 5.95 Å². The van der Waals surface area contributed by atoms with Crippen LogP contribution >= 0.6 is 0 Å². The maximum absolute atomic E-state index is 11.2. The molecule has 2 aromatic heterocycles. The van der Waals surface area contributed by atoms with Gasteiger partial charge in [0.05, 0.1) is 0 Å². The molecule has 3 heterocycles. The summed E-state index contributed by atoms with van der Waals surface area (Å²) in [4.78, 5) is 30.1. The maximum atomic E-state index is 11.2. The predicted octanol–water partition coefficient (Wildman–Crippen LogP) is 0.825. The fourth-order valence-corrected chi connectivity index (χ4v) is 2.81. The molecule has 0 spiro atoms. The first-order chi connectivity index (χ1) is 10.7. The molecule has 0 radical (unpaired) electrons. The smallest absolute Gasteiger partial charge is 0.267 e. The van der Waals surface area contributed by atoms with Crippen LogP contribution in [0.4, 0.5) is 5.95 Å². The van der Waals surface area contributed by atoms with E-state index in [9.17, 15) is 4.79 Å². The Balaban J connectivity index is 1.68.